The van der Waals surface area contributed by atoms with Gasteiger partial charge in [-0.05, 0) is 19.8 Å². The molecule has 2 N–H and O–H groups in total. The zero-order valence-electron chi connectivity index (χ0n) is 15.9. The molecule has 0 radical (unpaired) electrons. The molecule has 2 atom stereocenters. The fourth-order valence-corrected chi connectivity index (χ4v) is 4.57. The molecule has 2 rings (SSSR count). The molecule has 0 aromatic carbocycles. The Morgan fingerprint density at radius 1 is 1.24 bits per heavy atom. The average molecular weight is 487 g/mol. The van der Waals surface area contributed by atoms with Crippen LogP contribution < -0.4 is 10.6 Å². The third-order valence-electron chi connectivity index (χ3n) is 5.07. The predicted octanol–water partition coefficient (Wildman–Crippen LogP) is 0.229. The van der Waals surface area contributed by atoms with Gasteiger partial charge in [0.05, 0.1) is 11.5 Å². The Morgan fingerprint density at radius 3 is 2.40 bits per heavy atom. The number of halogens is 1. The second-order valence-electron chi connectivity index (χ2n) is 7.27. The maximum atomic E-state index is 11.4. The van der Waals surface area contributed by atoms with Crippen molar-refractivity contribution in [2.24, 2.45) is 10.9 Å². The lowest BCUT2D eigenvalue weighted by atomic mass is 10.1. The maximum absolute atomic E-state index is 11.4. The van der Waals surface area contributed by atoms with Crippen LogP contribution in [0.1, 0.15) is 20.8 Å². The van der Waals surface area contributed by atoms with E-state index < -0.39 is 9.84 Å². The van der Waals surface area contributed by atoms with Crippen molar-refractivity contribution in [2.45, 2.75) is 32.9 Å². The molecule has 0 saturated carbocycles. The van der Waals surface area contributed by atoms with Gasteiger partial charge in [0.15, 0.2) is 15.8 Å². The van der Waals surface area contributed by atoms with Gasteiger partial charge < -0.3 is 10.6 Å². The molecular formula is C16H34IN5O2S. The van der Waals surface area contributed by atoms with Crippen molar-refractivity contribution in [2.75, 3.05) is 57.8 Å². The zero-order chi connectivity index (χ0) is 17.7. The minimum absolute atomic E-state index is 0. The number of likely N-dealkylation sites (tertiary alicyclic amines) is 1. The van der Waals surface area contributed by atoms with Crippen molar-refractivity contribution in [3.8, 4) is 0 Å². The fourth-order valence-electron chi connectivity index (χ4n) is 3.29. The van der Waals surface area contributed by atoms with Gasteiger partial charge in [-0.15, -0.1) is 24.0 Å². The molecule has 0 aliphatic carbocycles. The molecule has 9 heteroatoms. The predicted molar refractivity (Wildman–Crippen MR) is 115 cm³/mol. The highest BCUT2D eigenvalue weighted by atomic mass is 127. The molecule has 2 fully saturated rings. The number of nitrogens with one attached hydrogen (secondary N) is 2. The third-order valence-corrected chi connectivity index (χ3v) is 6.68. The van der Waals surface area contributed by atoms with Crippen LogP contribution in [0.25, 0.3) is 0 Å². The summed E-state index contributed by atoms with van der Waals surface area (Å²) < 4.78 is 22.9. The molecule has 148 valence electrons. The van der Waals surface area contributed by atoms with E-state index in [-0.39, 0.29) is 35.5 Å². The smallest absolute Gasteiger partial charge is 0.191 e. The molecule has 2 aliphatic rings. The quantitative estimate of drug-likeness (QED) is 0.329. The van der Waals surface area contributed by atoms with E-state index in [0.29, 0.717) is 31.1 Å². The summed E-state index contributed by atoms with van der Waals surface area (Å²) in [4.78, 5) is 9.01. The van der Waals surface area contributed by atoms with E-state index in [2.05, 4.69) is 46.2 Å². The third kappa shape index (κ3) is 7.18. The number of aliphatic imine (C=N–C) groups is 1. The normalized spacial score (nSPS) is 28.0. The lowest BCUT2D eigenvalue weighted by Crippen LogP contribution is -2.49. The molecule has 0 spiro atoms. The highest BCUT2D eigenvalue weighted by Crippen LogP contribution is 2.18. The van der Waals surface area contributed by atoms with Crippen LogP contribution >= 0.6 is 24.0 Å². The molecule has 0 bridgehead atoms. The fraction of sp³-hybridized carbons (Fsp3) is 0.938. The second-order valence-corrected chi connectivity index (χ2v) is 9.57. The van der Waals surface area contributed by atoms with Gasteiger partial charge >= 0.3 is 0 Å². The Bertz CT molecular complexity index is 527. The standard InChI is InChI=1S/C16H33N5O2S.HI/c1-13(2)21-11-14(3)15(12-21)19-16(17-4)18-5-6-20-7-9-24(22,23)10-8-20;/h13-15H,5-12H2,1-4H3,(H2,17,18,19);1H. The van der Waals surface area contributed by atoms with Gasteiger partial charge in [0.2, 0.25) is 0 Å². The summed E-state index contributed by atoms with van der Waals surface area (Å²) in [6.45, 7) is 11.8. The van der Waals surface area contributed by atoms with Gasteiger partial charge in [0.1, 0.15) is 0 Å². The lowest BCUT2D eigenvalue weighted by molar-refractivity contribution is 0.265. The molecule has 0 aromatic rings. The van der Waals surface area contributed by atoms with Crippen molar-refractivity contribution in [1.82, 2.24) is 20.4 Å². The summed E-state index contributed by atoms with van der Waals surface area (Å²) in [5, 5.41) is 6.89. The highest BCUT2D eigenvalue weighted by molar-refractivity contribution is 14.0. The molecule has 2 saturated heterocycles. The highest BCUT2D eigenvalue weighted by Gasteiger charge is 2.31. The summed E-state index contributed by atoms with van der Waals surface area (Å²) >= 11 is 0. The van der Waals surface area contributed by atoms with E-state index in [9.17, 15) is 8.42 Å². The minimum Gasteiger partial charge on any atom is -0.355 e. The van der Waals surface area contributed by atoms with Crippen molar-refractivity contribution < 1.29 is 8.42 Å². The Kier molecular flexibility index (Phi) is 9.41. The van der Waals surface area contributed by atoms with E-state index in [1.54, 1.807) is 7.05 Å². The number of hydrogen-bond donors (Lipinski definition) is 2. The number of rotatable bonds is 5. The molecular weight excluding hydrogens is 453 g/mol. The van der Waals surface area contributed by atoms with Crippen molar-refractivity contribution in [1.29, 1.82) is 0 Å². The molecule has 2 unspecified atom stereocenters. The van der Waals surface area contributed by atoms with E-state index in [4.69, 9.17) is 0 Å². The molecule has 0 amide bonds. The van der Waals surface area contributed by atoms with Crippen LogP contribution in [0, 0.1) is 5.92 Å². The van der Waals surface area contributed by atoms with Crippen LogP contribution in [0.2, 0.25) is 0 Å². The van der Waals surface area contributed by atoms with Gasteiger partial charge in [0, 0.05) is 58.4 Å². The monoisotopic (exact) mass is 487 g/mol. The summed E-state index contributed by atoms with van der Waals surface area (Å²) in [6, 6.07) is 0.989. The molecule has 0 aromatic heterocycles. The van der Waals surface area contributed by atoms with Gasteiger partial charge in [-0.2, -0.15) is 0 Å². The first kappa shape index (κ1) is 22.9. The van der Waals surface area contributed by atoms with E-state index in [0.717, 1.165) is 32.1 Å². The van der Waals surface area contributed by atoms with Crippen LogP contribution in [-0.4, -0.2) is 94.1 Å². The molecule has 25 heavy (non-hydrogen) atoms. The first-order valence-electron chi connectivity index (χ1n) is 8.94. The Balaban J connectivity index is 0.00000312. The van der Waals surface area contributed by atoms with E-state index in [1.807, 2.05) is 0 Å². The van der Waals surface area contributed by atoms with Gasteiger partial charge in [-0.1, -0.05) is 6.92 Å². The van der Waals surface area contributed by atoms with Crippen LogP contribution in [-0.2, 0) is 9.84 Å². The number of guanidine groups is 1. The Labute approximate surface area is 169 Å². The van der Waals surface area contributed by atoms with Crippen molar-refractivity contribution in [3.63, 3.8) is 0 Å². The van der Waals surface area contributed by atoms with Crippen LogP contribution in [0.5, 0.6) is 0 Å². The van der Waals surface area contributed by atoms with Gasteiger partial charge in [-0.25, -0.2) is 8.42 Å². The summed E-state index contributed by atoms with van der Waals surface area (Å²) in [7, 11) is -1.00. The van der Waals surface area contributed by atoms with Crippen molar-refractivity contribution in [3.05, 3.63) is 0 Å². The topological polar surface area (TPSA) is 77.0 Å². The summed E-state index contributed by atoms with van der Waals surface area (Å²) in [5.41, 5.74) is 0. The Hall–Kier alpha value is -0.130. The van der Waals surface area contributed by atoms with Crippen molar-refractivity contribution >= 4 is 39.8 Å². The summed E-state index contributed by atoms with van der Waals surface area (Å²) in [5.74, 6) is 2.00. The van der Waals surface area contributed by atoms with Gasteiger partial charge in [-0.3, -0.25) is 14.8 Å². The maximum Gasteiger partial charge on any atom is 0.191 e. The first-order valence-corrected chi connectivity index (χ1v) is 10.8. The lowest BCUT2D eigenvalue weighted by Gasteiger charge is -2.27. The molecule has 7 nitrogen and oxygen atoms in total. The number of hydrogen-bond acceptors (Lipinski definition) is 5. The second kappa shape index (κ2) is 10.3. The number of sulfone groups is 1. The zero-order valence-corrected chi connectivity index (χ0v) is 19.0. The average Bonchev–Trinajstić information content (AvgIpc) is 2.89. The Morgan fingerprint density at radius 2 is 1.88 bits per heavy atom. The van der Waals surface area contributed by atoms with E-state index in [1.165, 1.54) is 0 Å². The minimum atomic E-state index is -2.80. The van der Waals surface area contributed by atoms with E-state index >= 15 is 0 Å². The first-order chi connectivity index (χ1) is 11.3. The van der Waals surface area contributed by atoms with Crippen LogP contribution in [0.4, 0.5) is 0 Å². The largest absolute Gasteiger partial charge is 0.355 e. The summed E-state index contributed by atoms with van der Waals surface area (Å²) in [6.07, 6.45) is 0. The van der Waals surface area contributed by atoms with Crippen LogP contribution in [0.15, 0.2) is 4.99 Å². The van der Waals surface area contributed by atoms with Crippen LogP contribution in [0.3, 0.4) is 0 Å². The van der Waals surface area contributed by atoms with Gasteiger partial charge in [0.25, 0.3) is 0 Å². The molecule has 2 aliphatic heterocycles. The number of nitrogens with zero attached hydrogens (tertiary/aromatic N) is 3. The SMILES string of the molecule is CN=C(NCCN1CCS(=O)(=O)CC1)NC1CN(C(C)C)CC1C.I. The molecule has 2 heterocycles.